The molecule has 0 saturated carbocycles. The Morgan fingerprint density at radius 3 is 2.67 bits per heavy atom. The molecule has 0 aliphatic carbocycles. The third kappa shape index (κ3) is 3.23. The van der Waals surface area contributed by atoms with Crippen LogP contribution in [-0.4, -0.2) is 20.7 Å². The molecule has 21 heavy (non-hydrogen) atoms. The highest BCUT2D eigenvalue weighted by molar-refractivity contribution is 7.15. The third-order valence-corrected chi connectivity index (χ3v) is 3.72. The van der Waals surface area contributed by atoms with E-state index in [2.05, 4.69) is 15.4 Å². The number of nitrogens with one attached hydrogen (secondary N) is 1. The summed E-state index contributed by atoms with van der Waals surface area (Å²) in [5.41, 5.74) is -0.903. The minimum absolute atomic E-state index is 0.284. The number of aromatic nitrogens is 3. The molecule has 0 atom stereocenters. The lowest BCUT2D eigenvalue weighted by molar-refractivity contribution is -0.141. The van der Waals surface area contributed by atoms with Gasteiger partial charge in [-0.15, -0.1) is 11.3 Å². The van der Waals surface area contributed by atoms with E-state index < -0.39 is 23.3 Å². The van der Waals surface area contributed by atoms with Gasteiger partial charge in [-0.05, 0) is 13.3 Å². The Morgan fingerprint density at radius 2 is 2.14 bits per heavy atom. The minimum Gasteiger partial charge on any atom is -0.298 e. The molecular weight excluding hydrogens is 305 g/mol. The lowest BCUT2D eigenvalue weighted by Crippen LogP contribution is -2.17. The predicted octanol–water partition coefficient (Wildman–Crippen LogP) is 3.02. The monoisotopic (exact) mass is 318 g/mol. The zero-order chi connectivity index (χ0) is 15.8. The van der Waals surface area contributed by atoms with Crippen LogP contribution in [0.3, 0.4) is 0 Å². The number of aryl methyl sites for hydroxylation is 3. The number of nitrogens with zero attached hydrogens (tertiary/aromatic N) is 3. The van der Waals surface area contributed by atoms with Crippen LogP contribution in [0.4, 0.5) is 18.3 Å². The molecule has 2 aromatic heterocycles. The van der Waals surface area contributed by atoms with Gasteiger partial charge in [0.15, 0.2) is 10.8 Å². The van der Waals surface area contributed by atoms with E-state index in [9.17, 15) is 18.0 Å². The van der Waals surface area contributed by atoms with Gasteiger partial charge >= 0.3 is 6.18 Å². The molecule has 0 unspecified atom stereocenters. The summed E-state index contributed by atoms with van der Waals surface area (Å²) < 4.78 is 39.4. The Hall–Kier alpha value is -1.90. The Morgan fingerprint density at radius 1 is 1.48 bits per heavy atom. The van der Waals surface area contributed by atoms with Crippen LogP contribution in [0.25, 0.3) is 0 Å². The van der Waals surface area contributed by atoms with Crippen LogP contribution in [0.5, 0.6) is 0 Å². The first-order valence-corrected chi connectivity index (χ1v) is 6.92. The van der Waals surface area contributed by atoms with E-state index >= 15 is 0 Å². The van der Waals surface area contributed by atoms with Crippen molar-refractivity contribution in [1.82, 2.24) is 14.8 Å². The number of carbonyl (C=O) groups is 1. The van der Waals surface area contributed by atoms with Crippen LogP contribution in [0, 0.1) is 6.92 Å². The number of thiazole rings is 1. The van der Waals surface area contributed by atoms with Crippen molar-refractivity contribution in [1.29, 1.82) is 0 Å². The topological polar surface area (TPSA) is 59.8 Å². The van der Waals surface area contributed by atoms with Crippen LogP contribution in [0.1, 0.15) is 33.5 Å². The summed E-state index contributed by atoms with van der Waals surface area (Å²) in [5, 5.41) is 5.98. The molecule has 0 bridgehead atoms. The van der Waals surface area contributed by atoms with E-state index in [0.717, 1.165) is 21.4 Å². The average Bonchev–Trinajstić information content (AvgIpc) is 2.92. The van der Waals surface area contributed by atoms with Gasteiger partial charge < -0.3 is 0 Å². The third-order valence-electron chi connectivity index (χ3n) is 2.79. The van der Waals surface area contributed by atoms with Gasteiger partial charge in [0, 0.05) is 18.1 Å². The first-order chi connectivity index (χ1) is 9.72. The molecule has 9 heteroatoms. The molecule has 1 N–H and O–H groups in total. The summed E-state index contributed by atoms with van der Waals surface area (Å²) in [4.78, 5) is 17.1. The Balaban J connectivity index is 2.28. The Labute approximate surface area is 122 Å². The number of anilines is 1. The Bertz CT molecular complexity index is 675. The van der Waals surface area contributed by atoms with Crippen molar-refractivity contribution in [2.75, 3.05) is 5.32 Å². The van der Waals surface area contributed by atoms with E-state index in [1.54, 1.807) is 0 Å². The van der Waals surface area contributed by atoms with Gasteiger partial charge in [-0.2, -0.15) is 18.3 Å². The minimum atomic E-state index is -4.68. The normalized spacial score (nSPS) is 11.7. The first kappa shape index (κ1) is 15.5. The van der Waals surface area contributed by atoms with Crippen molar-refractivity contribution in [3.8, 4) is 0 Å². The maximum atomic E-state index is 12.8. The maximum Gasteiger partial charge on any atom is 0.435 e. The molecule has 0 fully saturated rings. The first-order valence-electron chi connectivity index (χ1n) is 6.10. The van der Waals surface area contributed by atoms with Crippen molar-refractivity contribution >= 4 is 22.4 Å². The van der Waals surface area contributed by atoms with Crippen LogP contribution < -0.4 is 5.32 Å². The summed E-state index contributed by atoms with van der Waals surface area (Å²) in [6, 6.07) is 0. The van der Waals surface area contributed by atoms with Crippen LogP contribution in [0.15, 0.2) is 6.20 Å². The van der Waals surface area contributed by atoms with Crippen LogP contribution in [0.2, 0.25) is 0 Å². The lowest BCUT2D eigenvalue weighted by atomic mass is 10.2. The second-order valence-corrected chi connectivity index (χ2v) is 5.60. The zero-order valence-electron chi connectivity index (χ0n) is 11.6. The van der Waals surface area contributed by atoms with Gasteiger partial charge in [-0.1, -0.05) is 6.92 Å². The van der Waals surface area contributed by atoms with Crippen LogP contribution in [-0.2, 0) is 19.6 Å². The second kappa shape index (κ2) is 5.47. The molecule has 0 aromatic carbocycles. The van der Waals surface area contributed by atoms with E-state index in [4.69, 9.17) is 0 Å². The summed E-state index contributed by atoms with van der Waals surface area (Å²) in [7, 11) is 1.33. The zero-order valence-corrected chi connectivity index (χ0v) is 12.4. The molecule has 5 nitrogen and oxygen atoms in total. The van der Waals surface area contributed by atoms with Crippen molar-refractivity contribution in [2.24, 2.45) is 7.05 Å². The molecule has 0 radical (unpaired) electrons. The summed E-state index contributed by atoms with van der Waals surface area (Å²) in [5.74, 6) is -0.869. The number of rotatable bonds is 3. The maximum absolute atomic E-state index is 12.8. The number of alkyl halides is 3. The fourth-order valence-electron chi connectivity index (χ4n) is 1.84. The highest BCUT2D eigenvalue weighted by Gasteiger charge is 2.39. The van der Waals surface area contributed by atoms with E-state index in [1.165, 1.54) is 18.4 Å². The van der Waals surface area contributed by atoms with Gasteiger partial charge in [0.05, 0.1) is 11.3 Å². The lowest BCUT2D eigenvalue weighted by Gasteiger charge is -2.05. The second-order valence-electron chi connectivity index (χ2n) is 4.39. The number of hydrogen-bond acceptors (Lipinski definition) is 4. The summed E-state index contributed by atoms with van der Waals surface area (Å²) in [6.45, 7) is 3.76. The molecule has 2 heterocycles. The molecule has 1 amide bonds. The van der Waals surface area contributed by atoms with Gasteiger partial charge in [0.2, 0.25) is 0 Å². The number of hydrogen-bond donors (Lipinski definition) is 1. The average molecular weight is 318 g/mol. The molecule has 0 aliphatic rings. The highest BCUT2D eigenvalue weighted by atomic mass is 32.1. The molecule has 0 aliphatic heterocycles. The smallest absolute Gasteiger partial charge is 0.298 e. The standard InChI is InChI=1S/C12H13F3N4OS/c1-4-8-6(2)21-11(16-8)17-10(20)7-5-19(3)18-9(7)12(13,14)15/h5H,4H2,1-3H3,(H,16,17,20). The van der Waals surface area contributed by atoms with E-state index in [1.807, 2.05) is 13.8 Å². The number of amides is 1. The molecule has 2 rings (SSSR count). The van der Waals surface area contributed by atoms with Crippen molar-refractivity contribution in [3.05, 3.63) is 28.0 Å². The van der Waals surface area contributed by atoms with E-state index in [-0.39, 0.29) is 5.13 Å². The van der Waals surface area contributed by atoms with Crippen molar-refractivity contribution in [3.63, 3.8) is 0 Å². The van der Waals surface area contributed by atoms with Crippen molar-refractivity contribution in [2.45, 2.75) is 26.4 Å². The highest BCUT2D eigenvalue weighted by Crippen LogP contribution is 2.31. The van der Waals surface area contributed by atoms with Gasteiger partial charge in [-0.3, -0.25) is 14.8 Å². The molecular formula is C12H13F3N4OS. The number of carbonyl (C=O) groups excluding carboxylic acids is 1. The molecule has 114 valence electrons. The summed E-state index contributed by atoms with van der Waals surface area (Å²) >= 11 is 1.23. The fraction of sp³-hybridized carbons (Fsp3) is 0.417. The van der Waals surface area contributed by atoms with Crippen LogP contribution >= 0.6 is 11.3 Å². The summed E-state index contributed by atoms with van der Waals surface area (Å²) in [6.07, 6.45) is -2.94. The quantitative estimate of drug-likeness (QED) is 0.946. The van der Waals surface area contributed by atoms with E-state index in [0.29, 0.717) is 6.42 Å². The van der Waals surface area contributed by atoms with Gasteiger partial charge in [0.25, 0.3) is 5.91 Å². The number of halogens is 3. The molecule has 0 spiro atoms. The fourth-order valence-corrected chi connectivity index (χ4v) is 2.74. The Kier molecular flexibility index (Phi) is 4.04. The SMILES string of the molecule is CCc1nc(NC(=O)c2cn(C)nc2C(F)(F)F)sc1C. The molecule has 2 aromatic rings. The molecule has 0 saturated heterocycles. The predicted molar refractivity (Wildman–Crippen MR) is 72.4 cm³/mol. The van der Waals surface area contributed by atoms with Gasteiger partial charge in [-0.25, -0.2) is 4.98 Å². The largest absolute Gasteiger partial charge is 0.435 e. The van der Waals surface area contributed by atoms with Crippen molar-refractivity contribution < 1.29 is 18.0 Å². The van der Waals surface area contributed by atoms with Gasteiger partial charge in [0.1, 0.15) is 0 Å².